The lowest BCUT2D eigenvalue weighted by atomic mass is 10.1. The predicted octanol–water partition coefficient (Wildman–Crippen LogP) is 3.47. The fourth-order valence-electron chi connectivity index (χ4n) is 2.21. The Morgan fingerprint density at radius 1 is 1.09 bits per heavy atom. The van der Waals surface area contributed by atoms with Crippen molar-refractivity contribution in [3.05, 3.63) is 59.9 Å². The first kappa shape index (κ1) is 14.0. The monoisotopic (exact) mass is 293 g/mol. The third-order valence-corrected chi connectivity index (χ3v) is 3.36. The molecule has 5 heteroatoms. The van der Waals surface area contributed by atoms with Crippen molar-refractivity contribution in [2.24, 2.45) is 0 Å². The van der Waals surface area contributed by atoms with E-state index in [1.807, 2.05) is 37.3 Å². The van der Waals surface area contributed by atoms with Crippen molar-refractivity contribution in [3.63, 3.8) is 0 Å². The van der Waals surface area contributed by atoms with Gasteiger partial charge in [-0.1, -0.05) is 11.6 Å². The number of nitrogens with one attached hydrogen (secondary N) is 1. The van der Waals surface area contributed by atoms with Crippen LogP contribution in [0.3, 0.4) is 0 Å². The summed E-state index contributed by atoms with van der Waals surface area (Å²) in [5.74, 6) is 0.383. The minimum atomic E-state index is -0.352. The van der Waals surface area contributed by atoms with Crippen LogP contribution in [0.25, 0.3) is 10.9 Å². The zero-order valence-corrected chi connectivity index (χ0v) is 12.3. The third kappa shape index (κ3) is 2.74. The summed E-state index contributed by atoms with van der Waals surface area (Å²) in [4.78, 5) is 20.0. The quantitative estimate of drug-likeness (QED) is 0.749. The molecule has 0 radical (unpaired) electrons. The van der Waals surface area contributed by atoms with Gasteiger partial charge >= 0.3 is 5.97 Å². The Morgan fingerprint density at radius 3 is 2.59 bits per heavy atom. The van der Waals surface area contributed by atoms with Crippen molar-refractivity contribution >= 4 is 28.4 Å². The van der Waals surface area contributed by atoms with Crippen molar-refractivity contribution < 1.29 is 9.53 Å². The van der Waals surface area contributed by atoms with E-state index in [0.29, 0.717) is 5.56 Å². The van der Waals surface area contributed by atoms with E-state index in [2.05, 4.69) is 20.0 Å². The molecule has 1 aromatic heterocycles. The normalized spacial score (nSPS) is 10.5. The lowest BCUT2D eigenvalue weighted by molar-refractivity contribution is 0.0601. The summed E-state index contributed by atoms with van der Waals surface area (Å²) < 4.78 is 4.69. The van der Waals surface area contributed by atoms with E-state index in [-0.39, 0.29) is 5.97 Å². The van der Waals surface area contributed by atoms with Crippen molar-refractivity contribution in [2.75, 3.05) is 12.4 Å². The molecule has 0 amide bonds. The number of fused-ring (bicyclic) bond motifs is 1. The predicted molar refractivity (Wildman–Crippen MR) is 85.3 cm³/mol. The van der Waals surface area contributed by atoms with Crippen LogP contribution in [0.1, 0.15) is 15.9 Å². The molecule has 3 aromatic rings. The Balaban J connectivity index is 1.93. The van der Waals surface area contributed by atoms with Crippen LogP contribution in [-0.2, 0) is 4.74 Å². The first-order valence-electron chi connectivity index (χ1n) is 6.84. The molecule has 0 bridgehead atoms. The number of aryl methyl sites for hydroxylation is 1. The molecule has 0 saturated heterocycles. The van der Waals surface area contributed by atoms with Crippen molar-refractivity contribution in [2.45, 2.75) is 6.92 Å². The number of benzene rings is 2. The molecule has 0 saturated carbocycles. The van der Waals surface area contributed by atoms with E-state index in [1.54, 1.807) is 12.1 Å². The van der Waals surface area contributed by atoms with Gasteiger partial charge in [0, 0.05) is 11.1 Å². The Kier molecular flexibility index (Phi) is 3.70. The largest absolute Gasteiger partial charge is 0.465 e. The van der Waals surface area contributed by atoms with Crippen LogP contribution in [0.15, 0.2) is 48.8 Å². The number of nitrogens with zero attached hydrogens (tertiary/aromatic N) is 2. The average molecular weight is 293 g/mol. The maximum absolute atomic E-state index is 11.4. The van der Waals surface area contributed by atoms with Gasteiger partial charge in [-0.3, -0.25) is 0 Å². The van der Waals surface area contributed by atoms with Gasteiger partial charge in [0.2, 0.25) is 0 Å². The second-order valence-electron chi connectivity index (χ2n) is 4.94. The lowest BCUT2D eigenvalue weighted by Crippen LogP contribution is -2.01. The van der Waals surface area contributed by atoms with Crippen LogP contribution in [0, 0.1) is 6.92 Å². The topological polar surface area (TPSA) is 64.1 Å². The van der Waals surface area contributed by atoms with Crippen LogP contribution in [0.2, 0.25) is 0 Å². The van der Waals surface area contributed by atoms with Crippen molar-refractivity contribution in [1.82, 2.24) is 9.97 Å². The summed E-state index contributed by atoms with van der Waals surface area (Å²) in [6, 6.07) is 13.1. The highest BCUT2D eigenvalue weighted by molar-refractivity contribution is 5.92. The molecule has 22 heavy (non-hydrogen) atoms. The molecule has 3 rings (SSSR count). The summed E-state index contributed by atoms with van der Waals surface area (Å²) in [5.41, 5.74) is 3.38. The summed E-state index contributed by atoms with van der Waals surface area (Å²) in [7, 11) is 1.36. The van der Waals surface area contributed by atoms with Gasteiger partial charge in [0.05, 0.1) is 18.2 Å². The fraction of sp³-hybridized carbons (Fsp3) is 0.118. The third-order valence-electron chi connectivity index (χ3n) is 3.36. The maximum Gasteiger partial charge on any atom is 0.337 e. The average Bonchev–Trinajstić information content (AvgIpc) is 2.55. The highest BCUT2D eigenvalue weighted by Gasteiger charge is 2.07. The van der Waals surface area contributed by atoms with E-state index in [4.69, 9.17) is 0 Å². The number of aromatic nitrogens is 2. The molecular weight excluding hydrogens is 278 g/mol. The first-order chi connectivity index (χ1) is 10.7. The highest BCUT2D eigenvalue weighted by Crippen LogP contribution is 2.24. The zero-order chi connectivity index (χ0) is 15.5. The van der Waals surface area contributed by atoms with Gasteiger partial charge in [0.1, 0.15) is 12.1 Å². The fourth-order valence-corrected chi connectivity index (χ4v) is 2.21. The molecule has 0 aliphatic heterocycles. The number of esters is 1. The number of carbonyl (C=O) groups excluding carboxylic acids is 1. The number of anilines is 2. The number of hydrogen-bond acceptors (Lipinski definition) is 5. The van der Waals surface area contributed by atoms with Crippen LogP contribution in [-0.4, -0.2) is 23.0 Å². The van der Waals surface area contributed by atoms with Crippen LogP contribution in [0.5, 0.6) is 0 Å². The Hall–Kier alpha value is -2.95. The molecule has 1 N–H and O–H groups in total. The molecule has 110 valence electrons. The van der Waals surface area contributed by atoms with E-state index in [0.717, 1.165) is 28.0 Å². The Bertz CT molecular complexity index is 829. The van der Waals surface area contributed by atoms with Gasteiger partial charge in [0.25, 0.3) is 0 Å². The van der Waals surface area contributed by atoms with E-state index in [9.17, 15) is 4.79 Å². The van der Waals surface area contributed by atoms with Gasteiger partial charge in [0.15, 0.2) is 0 Å². The van der Waals surface area contributed by atoms with Gasteiger partial charge < -0.3 is 10.1 Å². The number of carbonyl (C=O) groups is 1. The zero-order valence-electron chi connectivity index (χ0n) is 12.3. The molecular formula is C17H15N3O2. The molecule has 0 unspecified atom stereocenters. The van der Waals surface area contributed by atoms with Gasteiger partial charge in [-0.05, 0) is 43.3 Å². The van der Waals surface area contributed by atoms with Crippen LogP contribution < -0.4 is 5.32 Å². The lowest BCUT2D eigenvalue weighted by Gasteiger charge is -2.09. The van der Waals surface area contributed by atoms with Crippen LogP contribution >= 0.6 is 0 Å². The molecule has 0 aliphatic carbocycles. The number of rotatable bonds is 3. The Labute approximate surface area is 128 Å². The number of hydrogen-bond donors (Lipinski definition) is 1. The number of methoxy groups -OCH3 is 1. The maximum atomic E-state index is 11.4. The second kappa shape index (κ2) is 5.81. The summed E-state index contributed by atoms with van der Waals surface area (Å²) in [5, 5.41) is 4.21. The molecule has 0 fully saturated rings. The first-order valence-corrected chi connectivity index (χ1v) is 6.84. The summed E-state index contributed by atoms with van der Waals surface area (Å²) >= 11 is 0. The van der Waals surface area contributed by atoms with E-state index >= 15 is 0 Å². The number of ether oxygens (including phenoxy) is 1. The van der Waals surface area contributed by atoms with Gasteiger partial charge in [-0.15, -0.1) is 0 Å². The smallest absolute Gasteiger partial charge is 0.337 e. The summed E-state index contributed by atoms with van der Waals surface area (Å²) in [6.45, 7) is 2.03. The van der Waals surface area contributed by atoms with Crippen molar-refractivity contribution in [1.29, 1.82) is 0 Å². The molecule has 0 spiro atoms. The molecule has 0 atom stereocenters. The van der Waals surface area contributed by atoms with E-state index < -0.39 is 0 Å². The second-order valence-corrected chi connectivity index (χ2v) is 4.94. The van der Waals surface area contributed by atoms with Crippen molar-refractivity contribution in [3.8, 4) is 0 Å². The summed E-state index contributed by atoms with van der Waals surface area (Å²) in [6.07, 6.45) is 1.53. The minimum Gasteiger partial charge on any atom is -0.465 e. The Morgan fingerprint density at radius 2 is 1.86 bits per heavy atom. The molecule has 2 aromatic carbocycles. The van der Waals surface area contributed by atoms with E-state index in [1.165, 1.54) is 13.4 Å². The molecule has 1 heterocycles. The standard InChI is InChI=1S/C17H15N3O2/c1-11-3-8-15-14(9-11)16(19-10-18-15)20-13-6-4-12(5-7-13)17(21)22-2/h3-10H,1-2H3,(H,18,19,20). The SMILES string of the molecule is COC(=O)c1ccc(Nc2ncnc3ccc(C)cc23)cc1. The van der Waals surface area contributed by atoms with Gasteiger partial charge in [-0.25, -0.2) is 14.8 Å². The highest BCUT2D eigenvalue weighted by atomic mass is 16.5. The molecule has 0 aliphatic rings. The minimum absolute atomic E-state index is 0.352. The molecule has 5 nitrogen and oxygen atoms in total. The van der Waals surface area contributed by atoms with Gasteiger partial charge in [-0.2, -0.15) is 0 Å². The van der Waals surface area contributed by atoms with Crippen LogP contribution in [0.4, 0.5) is 11.5 Å².